The lowest BCUT2D eigenvalue weighted by atomic mass is 10.2. The molecule has 0 unspecified atom stereocenters. The molecule has 5 nitrogen and oxygen atoms in total. The largest absolute Gasteiger partial charge is 0.444 e. The Bertz CT molecular complexity index is 984. The number of halogens is 3. The van der Waals surface area contributed by atoms with E-state index in [4.69, 9.17) is 4.42 Å². The molecule has 0 radical (unpaired) electrons. The Morgan fingerprint density at radius 3 is 2.48 bits per heavy atom. The van der Waals surface area contributed by atoms with E-state index in [1.54, 1.807) is 12.1 Å². The van der Waals surface area contributed by atoms with Crippen molar-refractivity contribution in [3.8, 4) is 11.3 Å². The Labute approximate surface area is 141 Å². The number of oxazole rings is 1. The molecule has 0 saturated heterocycles. The minimum atomic E-state index is -4.63. The first-order valence-electron chi connectivity index (χ1n) is 6.95. The van der Waals surface area contributed by atoms with Crippen LogP contribution in [0.4, 0.5) is 18.9 Å². The first-order chi connectivity index (χ1) is 11.8. The first-order valence-corrected chi connectivity index (χ1v) is 8.43. The Morgan fingerprint density at radius 1 is 1.04 bits per heavy atom. The molecule has 9 heteroatoms. The average Bonchev–Trinajstić information content (AvgIpc) is 3.08. The zero-order chi connectivity index (χ0) is 18.1. The molecule has 0 aliphatic heterocycles. The van der Waals surface area contributed by atoms with E-state index in [0.717, 1.165) is 18.2 Å². The van der Waals surface area contributed by atoms with Crippen molar-refractivity contribution in [2.24, 2.45) is 0 Å². The Hall–Kier alpha value is -2.81. The van der Waals surface area contributed by atoms with E-state index in [0.29, 0.717) is 17.4 Å². The van der Waals surface area contributed by atoms with Gasteiger partial charge >= 0.3 is 6.18 Å². The Morgan fingerprint density at radius 2 is 1.80 bits per heavy atom. The monoisotopic (exact) mass is 368 g/mol. The zero-order valence-electron chi connectivity index (χ0n) is 12.5. The second kappa shape index (κ2) is 6.25. The minimum absolute atomic E-state index is 0.186. The molecule has 0 spiro atoms. The standard InChI is InChI=1S/C16H11F3N2O3S/c17-16(18,19)12-4-2-6-14(8-12)25(22,23)21-13-5-1-3-11(7-13)15-9-20-10-24-15/h1-10,21H. The van der Waals surface area contributed by atoms with Crippen molar-refractivity contribution >= 4 is 15.7 Å². The fourth-order valence-corrected chi connectivity index (χ4v) is 3.24. The summed E-state index contributed by atoms with van der Waals surface area (Å²) in [6.07, 6.45) is -1.94. The number of nitrogens with one attached hydrogen (secondary N) is 1. The summed E-state index contributed by atoms with van der Waals surface area (Å²) in [7, 11) is -4.18. The highest BCUT2D eigenvalue weighted by molar-refractivity contribution is 7.92. The van der Waals surface area contributed by atoms with Gasteiger partial charge in [-0.05, 0) is 30.3 Å². The highest BCUT2D eigenvalue weighted by Crippen LogP contribution is 2.31. The SMILES string of the molecule is O=S(=O)(Nc1cccc(-c2cnco2)c1)c1cccc(C(F)(F)F)c1. The highest BCUT2D eigenvalue weighted by atomic mass is 32.2. The van der Waals surface area contributed by atoms with Crippen LogP contribution >= 0.6 is 0 Å². The van der Waals surface area contributed by atoms with Gasteiger partial charge in [-0.15, -0.1) is 0 Å². The summed E-state index contributed by atoms with van der Waals surface area (Å²) in [5.74, 6) is 0.431. The van der Waals surface area contributed by atoms with Gasteiger partial charge in [0.15, 0.2) is 12.2 Å². The first kappa shape index (κ1) is 17.0. The number of hydrogen-bond acceptors (Lipinski definition) is 4. The predicted molar refractivity (Wildman–Crippen MR) is 84.2 cm³/mol. The summed E-state index contributed by atoms with van der Waals surface area (Å²) in [5.41, 5.74) is -0.279. The lowest BCUT2D eigenvalue weighted by Gasteiger charge is -2.11. The van der Waals surface area contributed by atoms with Gasteiger partial charge in [0.05, 0.1) is 16.7 Å². The van der Waals surface area contributed by atoms with E-state index >= 15 is 0 Å². The lowest BCUT2D eigenvalue weighted by molar-refractivity contribution is -0.137. The van der Waals surface area contributed by atoms with Crippen LogP contribution in [0.5, 0.6) is 0 Å². The van der Waals surface area contributed by atoms with Crippen LogP contribution in [0, 0.1) is 0 Å². The van der Waals surface area contributed by atoms with Crippen LogP contribution in [0.25, 0.3) is 11.3 Å². The van der Waals surface area contributed by atoms with Crippen LogP contribution in [0.1, 0.15) is 5.56 Å². The van der Waals surface area contributed by atoms with Crippen molar-refractivity contribution < 1.29 is 26.0 Å². The van der Waals surface area contributed by atoms with Crippen molar-refractivity contribution in [1.29, 1.82) is 0 Å². The summed E-state index contributed by atoms with van der Waals surface area (Å²) < 4.78 is 70.4. The topological polar surface area (TPSA) is 72.2 Å². The Balaban J connectivity index is 1.91. The smallest absolute Gasteiger partial charge is 0.416 e. The molecule has 3 aromatic rings. The molecule has 1 heterocycles. The molecule has 1 N–H and O–H groups in total. The highest BCUT2D eigenvalue weighted by Gasteiger charge is 2.31. The van der Waals surface area contributed by atoms with E-state index in [2.05, 4.69) is 9.71 Å². The van der Waals surface area contributed by atoms with Crippen molar-refractivity contribution in [2.45, 2.75) is 11.1 Å². The number of sulfonamides is 1. The van der Waals surface area contributed by atoms with Crippen molar-refractivity contribution in [3.63, 3.8) is 0 Å². The summed E-state index contributed by atoms with van der Waals surface area (Å²) >= 11 is 0. The number of benzene rings is 2. The normalized spacial score (nSPS) is 12.1. The van der Waals surface area contributed by atoms with Gasteiger partial charge in [0.25, 0.3) is 10.0 Å². The summed E-state index contributed by atoms with van der Waals surface area (Å²) in [6.45, 7) is 0. The molecular formula is C16H11F3N2O3S. The zero-order valence-corrected chi connectivity index (χ0v) is 13.3. The third-order valence-electron chi connectivity index (χ3n) is 3.30. The summed E-state index contributed by atoms with van der Waals surface area (Å²) in [6, 6.07) is 9.77. The number of nitrogens with zero attached hydrogens (tertiary/aromatic N) is 1. The van der Waals surface area contributed by atoms with Gasteiger partial charge in [0, 0.05) is 11.3 Å². The molecular weight excluding hydrogens is 357 g/mol. The maximum absolute atomic E-state index is 12.8. The lowest BCUT2D eigenvalue weighted by Crippen LogP contribution is -2.14. The van der Waals surface area contributed by atoms with E-state index in [1.165, 1.54) is 24.7 Å². The van der Waals surface area contributed by atoms with Crippen LogP contribution in [0.2, 0.25) is 0 Å². The quantitative estimate of drug-likeness (QED) is 0.751. The number of hydrogen-bond donors (Lipinski definition) is 1. The van der Waals surface area contributed by atoms with Gasteiger partial charge in [-0.3, -0.25) is 4.72 Å². The maximum Gasteiger partial charge on any atom is 0.416 e. The average molecular weight is 368 g/mol. The van der Waals surface area contributed by atoms with Crippen LogP contribution in [-0.4, -0.2) is 13.4 Å². The van der Waals surface area contributed by atoms with Crippen molar-refractivity contribution in [2.75, 3.05) is 4.72 Å². The molecule has 130 valence electrons. The summed E-state index contributed by atoms with van der Waals surface area (Å²) in [4.78, 5) is 3.29. The van der Waals surface area contributed by atoms with Gasteiger partial charge in [0.1, 0.15) is 0 Å². The van der Waals surface area contributed by atoms with Crippen LogP contribution in [-0.2, 0) is 16.2 Å². The third kappa shape index (κ3) is 3.82. The van der Waals surface area contributed by atoms with Crippen LogP contribution in [0.15, 0.2) is 70.4 Å². The molecule has 0 fully saturated rings. The van der Waals surface area contributed by atoms with Gasteiger partial charge in [-0.1, -0.05) is 18.2 Å². The number of anilines is 1. The van der Waals surface area contributed by atoms with Crippen molar-refractivity contribution in [3.05, 3.63) is 66.7 Å². The second-order valence-electron chi connectivity index (χ2n) is 5.08. The molecule has 0 atom stereocenters. The second-order valence-corrected chi connectivity index (χ2v) is 6.76. The molecule has 0 aliphatic rings. The van der Waals surface area contributed by atoms with Crippen LogP contribution < -0.4 is 4.72 Å². The van der Waals surface area contributed by atoms with E-state index in [9.17, 15) is 21.6 Å². The fraction of sp³-hybridized carbons (Fsp3) is 0.0625. The molecule has 1 aromatic heterocycles. The maximum atomic E-state index is 12.8. The number of alkyl halides is 3. The molecule has 0 amide bonds. The van der Waals surface area contributed by atoms with E-state index in [1.807, 2.05) is 0 Å². The van der Waals surface area contributed by atoms with E-state index in [-0.39, 0.29) is 5.69 Å². The van der Waals surface area contributed by atoms with Crippen LogP contribution in [0.3, 0.4) is 0 Å². The molecule has 0 saturated carbocycles. The molecule has 3 rings (SSSR count). The van der Waals surface area contributed by atoms with Gasteiger partial charge in [-0.2, -0.15) is 13.2 Å². The van der Waals surface area contributed by atoms with E-state index < -0.39 is 26.7 Å². The molecule has 0 bridgehead atoms. The van der Waals surface area contributed by atoms with Gasteiger partial charge < -0.3 is 4.42 Å². The number of rotatable bonds is 4. The fourth-order valence-electron chi connectivity index (χ4n) is 2.15. The summed E-state index contributed by atoms with van der Waals surface area (Å²) in [5, 5.41) is 0. The Kier molecular flexibility index (Phi) is 4.25. The number of aromatic nitrogens is 1. The minimum Gasteiger partial charge on any atom is -0.444 e. The molecule has 2 aromatic carbocycles. The third-order valence-corrected chi connectivity index (χ3v) is 4.68. The molecule has 0 aliphatic carbocycles. The molecule has 25 heavy (non-hydrogen) atoms. The van der Waals surface area contributed by atoms with Crippen molar-refractivity contribution in [1.82, 2.24) is 4.98 Å². The van der Waals surface area contributed by atoms with Gasteiger partial charge in [-0.25, -0.2) is 13.4 Å². The predicted octanol–water partition coefficient (Wildman–Crippen LogP) is 4.16. The van der Waals surface area contributed by atoms with Gasteiger partial charge in [0.2, 0.25) is 0 Å².